The van der Waals surface area contributed by atoms with Gasteiger partial charge in [-0.3, -0.25) is 0 Å². The van der Waals surface area contributed by atoms with Gasteiger partial charge in [-0.2, -0.15) is 0 Å². The molecule has 3 nitrogen and oxygen atoms in total. The number of aliphatic hydroxyl groups is 1. The number of methoxy groups -OCH3 is 1. The Balaban J connectivity index is 3.03. The second kappa shape index (κ2) is 7.41. The highest BCUT2D eigenvalue weighted by Gasteiger charge is 2.08. The molecular formula is C15H18O3. The van der Waals surface area contributed by atoms with Gasteiger partial charge < -0.3 is 14.9 Å². The zero-order valence-corrected chi connectivity index (χ0v) is 10.6. The van der Waals surface area contributed by atoms with Crippen LogP contribution >= 0.6 is 0 Å². The molecule has 0 unspecified atom stereocenters. The maximum Gasteiger partial charge on any atom is 0.173 e. The molecule has 1 aromatic carbocycles. The monoisotopic (exact) mass is 246 g/mol. The van der Waals surface area contributed by atoms with E-state index in [0.717, 1.165) is 5.56 Å². The summed E-state index contributed by atoms with van der Waals surface area (Å²) in [4.78, 5) is 0. The lowest BCUT2D eigenvalue weighted by Crippen LogP contribution is -1.91. The van der Waals surface area contributed by atoms with E-state index in [4.69, 9.17) is 9.84 Å². The van der Waals surface area contributed by atoms with Crippen molar-refractivity contribution in [2.45, 2.75) is 19.3 Å². The lowest BCUT2D eigenvalue weighted by molar-refractivity contribution is 0.290. The predicted molar refractivity (Wildman–Crippen MR) is 71.8 cm³/mol. The van der Waals surface area contributed by atoms with Crippen LogP contribution in [0.3, 0.4) is 0 Å². The Labute approximate surface area is 108 Å². The molecular weight excluding hydrogens is 228 g/mol. The number of ether oxygens (including phenoxy) is 1. The van der Waals surface area contributed by atoms with Gasteiger partial charge in [-0.15, -0.1) is 6.58 Å². The summed E-state index contributed by atoms with van der Waals surface area (Å²) >= 11 is 0. The van der Waals surface area contributed by atoms with Gasteiger partial charge in [0, 0.05) is 13.0 Å². The van der Waals surface area contributed by atoms with Crippen molar-refractivity contribution in [3.8, 4) is 23.3 Å². The average molecular weight is 246 g/mol. The van der Waals surface area contributed by atoms with Crippen molar-refractivity contribution in [3.05, 3.63) is 35.9 Å². The third kappa shape index (κ3) is 3.83. The van der Waals surface area contributed by atoms with Gasteiger partial charge in [-0.05, 0) is 30.5 Å². The fourth-order valence-corrected chi connectivity index (χ4v) is 1.53. The molecule has 0 bridgehead atoms. The number of benzene rings is 1. The second-order valence-electron chi connectivity index (χ2n) is 3.82. The van der Waals surface area contributed by atoms with Crippen LogP contribution in [-0.2, 0) is 6.42 Å². The van der Waals surface area contributed by atoms with Crippen molar-refractivity contribution in [2.75, 3.05) is 13.7 Å². The molecule has 0 saturated heterocycles. The van der Waals surface area contributed by atoms with Crippen LogP contribution < -0.4 is 4.74 Å². The molecule has 0 amide bonds. The highest BCUT2D eigenvalue weighted by atomic mass is 16.5. The third-order valence-corrected chi connectivity index (χ3v) is 2.42. The Bertz CT molecular complexity index is 467. The quantitative estimate of drug-likeness (QED) is 0.476. The van der Waals surface area contributed by atoms with Crippen molar-refractivity contribution in [3.63, 3.8) is 0 Å². The molecule has 0 aromatic heterocycles. The molecule has 0 fully saturated rings. The normalized spacial score (nSPS) is 9.44. The minimum absolute atomic E-state index is 0.0572. The fourth-order valence-electron chi connectivity index (χ4n) is 1.53. The van der Waals surface area contributed by atoms with Crippen molar-refractivity contribution < 1.29 is 14.9 Å². The fraction of sp³-hybridized carbons (Fsp3) is 0.333. The summed E-state index contributed by atoms with van der Waals surface area (Å²) in [5.74, 6) is 6.28. The Kier molecular flexibility index (Phi) is 5.83. The van der Waals surface area contributed by atoms with Crippen LogP contribution in [0.4, 0.5) is 0 Å². The maximum atomic E-state index is 9.94. The van der Waals surface area contributed by atoms with Crippen LogP contribution in [0, 0.1) is 11.8 Å². The van der Waals surface area contributed by atoms with Crippen LogP contribution in [0.2, 0.25) is 0 Å². The Hall–Kier alpha value is -1.92. The summed E-state index contributed by atoms with van der Waals surface area (Å²) in [6, 6.07) is 3.60. The predicted octanol–water partition coefficient (Wildman–Crippen LogP) is 2.25. The number of rotatable bonds is 5. The topological polar surface area (TPSA) is 49.7 Å². The molecule has 2 N–H and O–H groups in total. The molecule has 0 radical (unpaired) electrons. The molecule has 0 saturated carbocycles. The van der Waals surface area contributed by atoms with E-state index >= 15 is 0 Å². The molecule has 1 rings (SSSR count). The number of aliphatic hydroxyl groups excluding tert-OH is 1. The SMILES string of the molecule is C=CCc1cc(C#CCCCO)c(O)c(OC)c1. The number of phenolic OH excluding ortho intramolecular Hbond substituents is 1. The molecule has 96 valence electrons. The van der Waals surface area contributed by atoms with Crippen LogP contribution in [0.5, 0.6) is 11.5 Å². The molecule has 18 heavy (non-hydrogen) atoms. The van der Waals surface area contributed by atoms with Gasteiger partial charge in [0.05, 0.1) is 12.7 Å². The van der Waals surface area contributed by atoms with Crippen LogP contribution in [0.25, 0.3) is 0 Å². The van der Waals surface area contributed by atoms with Gasteiger partial charge in [0.25, 0.3) is 0 Å². The van der Waals surface area contributed by atoms with Crippen molar-refractivity contribution in [1.82, 2.24) is 0 Å². The minimum atomic E-state index is 0.0572. The van der Waals surface area contributed by atoms with Crippen molar-refractivity contribution >= 4 is 0 Å². The summed E-state index contributed by atoms with van der Waals surface area (Å²) in [5.41, 5.74) is 1.54. The van der Waals surface area contributed by atoms with E-state index in [-0.39, 0.29) is 12.4 Å². The third-order valence-electron chi connectivity index (χ3n) is 2.42. The number of hydrogen-bond donors (Lipinski definition) is 2. The van der Waals surface area contributed by atoms with Gasteiger partial charge in [-0.25, -0.2) is 0 Å². The second-order valence-corrected chi connectivity index (χ2v) is 3.82. The van der Waals surface area contributed by atoms with E-state index in [2.05, 4.69) is 18.4 Å². The number of hydrogen-bond acceptors (Lipinski definition) is 3. The summed E-state index contributed by atoms with van der Waals surface area (Å²) in [6.45, 7) is 3.81. The molecule has 1 aromatic rings. The zero-order chi connectivity index (χ0) is 13.4. The summed E-state index contributed by atoms with van der Waals surface area (Å²) in [5, 5.41) is 18.6. The molecule has 0 heterocycles. The lowest BCUT2D eigenvalue weighted by Gasteiger charge is -2.07. The van der Waals surface area contributed by atoms with Gasteiger partial charge in [0.2, 0.25) is 0 Å². The summed E-state index contributed by atoms with van der Waals surface area (Å²) < 4.78 is 5.11. The first-order chi connectivity index (χ1) is 8.72. The van der Waals surface area contributed by atoms with E-state index in [0.29, 0.717) is 30.6 Å². The van der Waals surface area contributed by atoms with Crippen molar-refractivity contribution in [1.29, 1.82) is 0 Å². The highest BCUT2D eigenvalue weighted by molar-refractivity contribution is 5.55. The molecule has 0 aliphatic heterocycles. The molecule has 0 aliphatic carbocycles. The van der Waals surface area contributed by atoms with E-state index in [9.17, 15) is 5.11 Å². The van der Waals surface area contributed by atoms with Gasteiger partial charge >= 0.3 is 0 Å². The summed E-state index contributed by atoms with van der Waals surface area (Å²) in [7, 11) is 1.51. The minimum Gasteiger partial charge on any atom is -0.503 e. The Morgan fingerprint density at radius 3 is 2.83 bits per heavy atom. The zero-order valence-electron chi connectivity index (χ0n) is 10.6. The first kappa shape index (κ1) is 14.1. The number of allylic oxidation sites excluding steroid dienone is 1. The lowest BCUT2D eigenvalue weighted by atomic mass is 10.1. The first-order valence-electron chi connectivity index (χ1n) is 5.83. The first-order valence-corrected chi connectivity index (χ1v) is 5.83. The number of phenols is 1. The number of aromatic hydroxyl groups is 1. The standard InChI is InChI=1S/C15H18O3/c1-3-7-12-10-13(8-5-4-6-9-16)15(17)14(11-12)18-2/h3,10-11,16-17H,1,4,6-7,9H2,2H3. The highest BCUT2D eigenvalue weighted by Crippen LogP contribution is 2.31. The molecule has 0 atom stereocenters. The maximum absolute atomic E-state index is 9.94. The van der Waals surface area contributed by atoms with Gasteiger partial charge in [-0.1, -0.05) is 17.9 Å². The van der Waals surface area contributed by atoms with E-state index in [1.807, 2.05) is 6.07 Å². The molecule has 3 heteroatoms. The van der Waals surface area contributed by atoms with E-state index in [1.54, 1.807) is 12.1 Å². The average Bonchev–Trinajstić information content (AvgIpc) is 2.38. The van der Waals surface area contributed by atoms with Crippen LogP contribution in [-0.4, -0.2) is 23.9 Å². The van der Waals surface area contributed by atoms with Gasteiger partial charge in [0.15, 0.2) is 11.5 Å². The van der Waals surface area contributed by atoms with Gasteiger partial charge in [0.1, 0.15) is 0 Å². The Morgan fingerprint density at radius 1 is 1.44 bits per heavy atom. The molecule has 0 spiro atoms. The van der Waals surface area contributed by atoms with Crippen molar-refractivity contribution in [2.24, 2.45) is 0 Å². The number of unbranched alkanes of at least 4 members (excludes halogenated alkanes) is 1. The molecule has 0 aliphatic rings. The van der Waals surface area contributed by atoms with Crippen LogP contribution in [0.1, 0.15) is 24.0 Å². The Morgan fingerprint density at radius 2 is 2.22 bits per heavy atom. The van der Waals surface area contributed by atoms with E-state index in [1.165, 1.54) is 7.11 Å². The summed E-state index contributed by atoms with van der Waals surface area (Å²) in [6.07, 6.45) is 3.72. The van der Waals surface area contributed by atoms with Crippen LogP contribution in [0.15, 0.2) is 24.8 Å². The van der Waals surface area contributed by atoms with E-state index < -0.39 is 0 Å². The smallest absolute Gasteiger partial charge is 0.173 e. The largest absolute Gasteiger partial charge is 0.503 e.